The topological polar surface area (TPSA) is 29.3 Å². The molecule has 0 spiro atoms. The molecule has 0 bridgehead atoms. The maximum absolute atomic E-state index is 5.85. The average Bonchev–Trinajstić information content (AvgIpc) is 2.72. The van der Waals surface area contributed by atoms with Crippen molar-refractivity contribution in [2.75, 3.05) is 20.1 Å². The van der Waals surface area contributed by atoms with Gasteiger partial charge in [-0.05, 0) is 51.2 Å². The second kappa shape index (κ2) is 4.42. The number of benzene rings is 1. The molecular formula is C13H15BrN2O. The second-order valence-corrected chi connectivity index (χ2v) is 5.66. The summed E-state index contributed by atoms with van der Waals surface area (Å²) in [7, 11) is 2.17. The van der Waals surface area contributed by atoms with E-state index in [1.165, 1.54) is 0 Å². The van der Waals surface area contributed by atoms with Crippen LogP contribution in [0, 0.1) is 0 Å². The fourth-order valence-corrected chi connectivity index (χ4v) is 2.70. The summed E-state index contributed by atoms with van der Waals surface area (Å²) >= 11 is 3.46. The van der Waals surface area contributed by atoms with Crippen molar-refractivity contribution >= 4 is 27.0 Å². The molecule has 3 nitrogen and oxygen atoms in total. The fourth-order valence-electron chi connectivity index (χ4n) is 2.35. The molecule has 4 heteroatoms. The van der Waals surface area contributed by atoms with Crippen molar-refractivity contribution in [1.29, 1.82) is 0 Å². The molecule has 0 saturated carbocycles. The SMILES string of the molecule is CN1CCC(c2nc3cc(Br)ccc3o2)CC1. The van der Waals surface area contributed by atoms with Crippen molar-refractivity contribution in [2.24, 2.45) is 0 Å². The first kappa shape index (κ1) is 11.2. The van der Waals surface area contributed by atoms with Crippen molar-refractivity contribution < 1.29 is 4.42 Å². The van der Waals surface area contributed by atoms with Gasteiger partial charge >= 0.3 is 0 Å². The van der Waals surface area contributed by atoms with Gasteiger partial charge in [-0.25, -0.2) is 4.98 Å². The Hall–Kier alpha value is -0.870. The Labute approximate surface area is 109 Å². The summed E-state index contributed by atoms with van der Waals surface area (Å²) in [5.74, 6) is 1.39. The van der Waals surface area contributed by atoms with Gasteiger partial charge in [0.15, 0.2) is 11.5 Å². The molecule has 2 heterocycles. The Morgan fingerprint density at radius 2 is 2.12 bits per heavy atom. The fraction of sp³-hybridized carbons (Fsp3) is 0.462. The minimum Gasteiger partial charge on any atom is -0.440 e. The van der Waals surface area contributed by atoms with Crippen LogP contribution in [0.25, 0.3) is 11.1 Å². The Balaban J connectivity index is 1.90. The summed E-state index contributed by atoms with van der Waals surface area (Å²) in [4.78, 5) is 6.96. The number of rotatable bonds is 1. The molecule has 0 amide bonds. The highest BCUT2D eigenvalue weighted by Gasteiger charge is 2.22. The van der Waals surface area contributed by atoms with Gasteiger partial charge in [-0.2, -0.15) is 0 Å². The number of oxazole rings is 1. The van der Waals surface area contributed by atoms with E-state index in [1.807, 2.05) is 18.2 Å². The number of fused-ring (bicyclic) bond motifs is 1. The second-order valence-electron chi connectivity index (χ2n) is 4.74. The van der Waals surface area contributed by atoms with Gasteiger partial charge in [-0.15, -0.1) is 0 Å². The third-order valence-corrected chi connectivity index (χ3v) is 3.93. The molecule has 3 rings (SSSR count). The summed E-state index contributed by atoms with van der Waals surface area (Å²) in [6.45, 7) is 2.26. The number of nitrogens with zero attached hydrogens (tertiary/aromatic N) is 2. The lowest BCUT2D eigenvalue weighted by molar-refractivity contribution is 0.239. The number of piperidine rings is 1. The first-order valence-electron chi connectivity index (χ1n) is 5.97. The highest BCUT2D eigenvalue weighted by atomic mass is 79.9. The van der Waals surface area contributed by atoms with Crippen LogP contribution in [-0.4, -0.2) is 30.0 Å². The van der Waals surface area contributed by atoms with Gasteiger partial charge in [-0.3, -0.25) is 0 Å². The maximum atomic E-state index is 5.85. The lowest BCUT2D eigenvalue weighted by atomic mass is 9.97. The van der Waals surface area contributed by atoms with Crippen LogP contribution in [0.4, 0.5) is 0 Å². The van der Waals surface area contributed by atoms with E-state index in [0.29, 0.717) is 5.92 Å². The Morgan fingerprint density at radius 1 is 1.35 bits per heavy atom. The normalized spacial score (nSPS) is 18.9. The number of aromatic nitrogens is 1. The van der Waals surface area contributed by atoms with Crippen LogP contribution in [0.5, 0.6) is 0 Å². The smallest absolute Gasteiger partial charge is 0.198 e. The first-order chi connectivity index (χ1) is 8.22. The molecule has 1 saturated heterocycles. The molecule has 0 radical (unpaired) electrons. The quantitative estimate of drug-likeness (QED) is 0.807. The van der Waals surface area contributed by atoms with Gasteiger partial charge < -0.3 is 9.32 Å². The van der Waals surface area contributed by atoms with Crippen LogP contribution in [0.1, 0.15) is 24.7 Å². The molecule has 90 valence electrons. The molecular weight excluding hydrogens is 280 g/mol. The van der Waals surface area contributed by atoms with Gasteiger partial charge in [-0.1, -0.05) is 15.9 Å². The van der Waals surface area contributed by atoms with Crippen LogP contribution in [0.15, 0.2) is 27.1 Å². The lowest BCUT2D eigenvalue weighted by Gasteiger charge is -2.26. The van der Waals surface area contributed by atoms with Crippen LogP contribution in [0.2, 0.25) is 0 Å². The number of halogens is 1. The zero-order valence-electron chi connectivity index (χ0n) is 9.82. The number of hydrogen-bond acceptors (Lipinski definition) is 3. The summed E-state index contributed by atoms with van der Waals surface area (Å²) in [5.41, 5.74) is 1.84. The Kier molecular flexibility index (Phi) is 2.92. The molecule has 2 aromatic rings. The molecule has 0 unspecified atom stereocenters. The highest BCUT2D eigenvalue weighted by molar-refractivity contribution is 9.10. The third kappa shape index (κ3) is 2.24. The first-order valence-corrected chi connectivity index (χ1v) is 6.76. The summed E-state index contributed by atoms with van der Waals surface area (Å²) in [6, 6.07) is 5.98. The van der Waals surface area contributed by atoms with Crippen molar-refractivity contribution in [2.45, 2.75) is 18.8 Å². The Bertz CT molecular complexity index is 529. The number of hydrogen-bond donors (Lipinski definition) is 0. The van der Waals surface area contributed by atoms with Crippen LogP contribution in [0.3, 0.4) is 0 Å². The average molecular weight is 295 g/mol. The van der Waals surface area contributed by atoms with Gasteiger partial charge in [0.1, 0.15) is 5.52 Å². The van der Waals surface area contributed by atoms with E-state index in [1.54, 1.807) is 0 Å². The molecule has 1 aromatic heterocycles. The predicted octanol–water partition coefficient (Wildman–Crippen LogP) is 3.40. The minimum absolute atomic E-state index is 0.484. The van der Waals surface area contributed by atoms with E-state index in [9.17, 15) is 0 Å². The maximum Gasteiger partial charge on any atom is 0.198 e. The van der Waals surface area contributed by atoms with Crippen molar-refractivity contribution in [3.8, 4) is 0 Å². The summed E-state index contributed by atoms with van der Waals surface area (Å²) < 4.78 is 6.90. The van der Waals surface area contributed by atoms with E-state index in [2.05, 4.69) is 32.9 Å². The zero-order valence-corrected chi connectivity index (χ0v) is 11.4. The molecule has 1 aliphatic rings. The van der Waals surface area contributed by atoms with Crippen molar-refractivity contribution in [1.82, 2.24) is 9.88 Å². The largest absolute Gasteiger partial charge is 0.440 e. The van der Waals surface area contributed by atoms with Crippen LogP contribution >= 0.6 is 15.9 Å². The molecule has 17 heavy (non-hydrogen) atoms. The van der Waals surface area contributed by atoms with E-state index in [4.69, 9.17) is 4.42 Å². The van der Waals surface area contributed by atoms with Gasteiger partial charge in [0.05, 0.1) is 0 Å². The predicted molar refractivity (Wildman–Crippen MR) is 71.2 cm³/mol. The van der Waals surface area contributed by atoms with E-state index >= 15 is 0 Å². The molecule has 0 N–H and O–H groups in total. The summed E-state index contributed by atoms with van der Waals surface area (Å²) in [5, 5.41) is 0. The Morgan fingerprint density at radius 3 is 2.88 bits per heavy atom. The molecule has 1 aromatic carbocycles. The molecule has 0 aliphatic carbocycles. The van der Waals surface area contributed by atoms with Gasteiger partial charge in [0.25, 0.3) is 0 Å². The van der Waals surface area contributed by atoms with Gasteiger partial charge in [0.2, 0.25) is 0 Å². The molecule has 1 fully saturated rings. The molecule has 1 aliphatic heterocycles. The van der Waals surface area contributed by atoms with Crippen molar-refractivity contribution in [3.05, 3.63) is 28.6 Å². The van der Waals surface area contributed by atoms with Crippen molar-refractivity contribution in [3.63, 3.8) is 0 Å². The van der Waals surface area contributed by atoms with E-state index < -0.39 is 0 Å². The van der Waals surface area contributed by atoms with Gasteiger partial charge in [0, 0.05) is 10.4 Å². The molecule has 0 atom stereocenters. The summed E-state index contributed by atoms with van der Waals surface area (Å²) in [6.07, 6.45) is 2.29. The zero-order chi connectivity index (χ0) is 11.8. The minimum atomic E-state index is 0.484. The van der Waals surface area contributed by atoms with E-state index in [-0.39, 0.29) is 0 Å². The monoisotopic (exact) mass is 294 g/mol. The number of likely N-dealkylation sites (tertiary alicyclic amines) is 1. The highest BCUT2D eigenvalue weighted by Crippen LogP contribution is 2.30. The van der Waals surface area contributed by atoms with Crippen LogP contribution < -0.4 is 0 Å². The van der Waals surface area contributed by atoms with Crippen LogP contribution in [-0.2, 0) is 0 Å². The third-order valence-electron chi connectivity index (χ3n) is 3.43. The lowest BCUT2D eigenvalue weighted by Crippen LogP contribution is -2.29. The standard InChI is InChI=1S/C13H15BrN2O/c1-16-6-4-9(5-7-16)13-15-11-8-10(14)2-3-12(11)17-13/h2-3,8-9H,4-7H2,1H3. The van der Waals surface area contributed by atoms with E-state index in [0.717, 1.165) is 47.4 Å².